The molecular weight excluding hydrogens is 276 g/mol. The van der Waals surface area contributed by atoms with Crippen LogP contribution in [0.5, 0.6) is 0 Å². The van der Waals surface area contributed by atoms with Crippen molar-refractivity contribution in [2.75, 3.05) is 26.2 Å². The first-order valence-electron chi connectivity index (χ1n) is 6.90. The number of halogens is 1. The van der Waals surface area contributed by atoms with Gasteiger partial charge in [0.15, 0.2) is 0 Å². The number of piperazine rings is 1. The highest BCUT2D eigenvalue weighted by atomic mass is 35.5. The van der Waals surface area contributed by atoms with E-state index in [4.69, 9.17) is 11.6 Å². The molecule has 5 heteroatoms. The van der Waals surface area contributed by atoms with E-state index in [0.29, 0.717) is 44.0 Å². The van der Waals surface area contributed by atoms with E-state index >= 15 is 0 Å². The normalized spacial score (nSPS) is 15.3. The lowest BCUT2D eigenvalue weighted by molar-refractivity contribution is -0.139. The Morgan fingerprint density at radius 3 is 2.00 bits per heavy atom. The van der Waals surface area contributed by atoms with Gasteiger partial charge in [-0.2, -0.15) is 0 Å². The van der Waals surface area contributed by atoms with Gasteiger partial charge in [0.2, 0.25) is 11.8 Å². The zero-order chi connectivity index (χ0) is 14.5. The molecule has 0 radical (unpaired) electrons. The molecule has 2 rings (SSSR count). The SMILES string of the molecule is CCC(=O)N1CCN(C(=O)Cc2ccc(Cl)cc2)CC1. The van der Waals surface area contributed by atoms with Crippen molar-refractivity contribution in [3.05, 3.63) is 34.9 Å². The minimum absolute atomic E-state index is 0.107. The van der Waals surface area contributed by atoms with E-state index in [-0.39, 0.29) is 11.8 Å². The predicted octanol–water partition coefficient (Wildman–Crippen LogP) is 1.96. The lowest BCUT2D eigenvalue weighted by Crippen LogP contribution is -2.50. The fourth-order valence-corrected chi connectivity index (χ4v) is 2.44. The number of benzene rings is 1. The van der Waals surface area contributed by atoms with Crippen molar-refractivity contribution in [3.8, 4) is 0 Å². The summed E-state index contributed by atoms with van der Waals surface area (Å²) >= 11 is 5.82. The molecule has 4 nitrogen and oxygen atoms in total. The van der Waals surface area contributed by atoms with Gasteiger partial charge in [0.1, 0.15) is 0 Å². The summed E-state index contributed by atoms with van der Waals surface area (Å²) in [4.78, 5) is 27.4. The largest absolute Gasteiger partial charge is 0.339 e. The van der Waals surface area contributed by atoms with Gasteiger partial charge in [-0.15, -0.1) is 0 Å². The molecule has 0 atom stereocenters. The van der Waals surface area contributed by atoms with Gasteiger partial charge < -0.3 is 9.80 Å². The third-order valence-corrected chi connectivity index (χ3v) is 3.81. The highest BCUT2D eigenvalue weighted by Gasteiger charge is 2.23. The Labute approximate surface area is 124 Å². The van der Waals surface area contributed by atoms with Crippen molar-refractivity contribution < 1.29 is 9.59 Å². The van der Waals surface area contributed by atoms with Crippen LogP contribution in [0.25, 0.3) is 0 Å². The molecule has 1 aromatic carbocycles. The van der Waals surface area contributed by atoms with E-state index in [9.17, 15) is 9.59 Å². The molecule has 1 saturated heterocycles. The summed E-state index contributed by atoms with van der Waals surface area (Å²) in [6.45, 7) is 4.38. The van der Waals surface area contributed by atoms with Crippen LogP contribution in [0.3, 0.4) is 0 Å². The number of hydrogen-bond acceptors (Lipinski definition) is 2. The van der Waals surface area contributed by atoms with Gasteiger partial charge in [-0.25, -0.2) is 0 Å². The summed E-state index contributed by atoms with van der Waals surface area (Å²) in [5.74, 6) is 0.269. The molecule has 1 aliphatic rings. The second-order valence-corrected chi connectivity index (χ2v) is 5.35. The van der Waals surface area contributed by atoms with Crippen molar-refractivity contribution in [3.63, 3.8) is 0 Å². The molecule has 1 fully saturated rings. The van der Waals surface area contributed by atoms with Crippen molar-refractivity contribution >= 4 is 23.4 Å². The van der Waals surface area contributed by atoms with Gasteiger partial charge in [-0.05, 0) is 17.7 Å². The molecule has 108 valence electrons. The number of amides is 2. The Kier molecular flexibility index (Phi) is 5.01. The Balaban J connectivity index is 1.85. The van der Waals surface area contributed by atoms with Gasteiger partial charge in [0.25, 0.3) is 0 Å². The first kappa shape index (κ1) is 14.9. The molecule has 0 aromatic heterocycles. The molecule has 0 bridgehead atoms. The number of carbonyl (C=O) groups excluding carboxylic acids is 2. The van der Waals surface area contributed by atoms with E-state index in [1.165, 1.54) is 0 Å². The number of carbonyl (C=O) groups is 2. The van der Waals surface area contributed by atoms with E-state index in [1.54, 1.807) is 12.1 Å². The quantitative estimate of drug-likeness (QED) is 0.855. The zero-order valence-corrected chi connectivity index (χ0v) is 12.4. The van der Waals surface area contributed by atoms with Gasteiger partial charge in [-0.1, -0.05) is 30.7 Å². The Hall–Kier alpha value is -1.55. The summed E-state index contributed by atoms with van der Waals surface area (Å²) in [6.07, 6.45) is 0.914. The Morgan fingerprint density at radius 2 is 1.50 bits per heavy atom. The summed E-state index contributed by atoms with van der Waals surface area (Å²) in [5, 5.41) is 0.674. The standard InChI is InChI=1S/C15H19ClN2O2/c1-2-14(19)17-7-9-18(10-8-17)15(20)11-12-3-5-13(16)6-4-12/h3-6H,2,7-11H2,1H3. The number of nitrogens with zero attached hydrogens (tertiary/aromatic N) is 2. The van der Waals surface area contributed by atoms with E-state index in [0.717, 1.165) is 5.56 Å². The third-order valence-electron chi connectivity index (χ3n) is 3.56. The van der Waals surface area contributed by atoms with Gasteiger partial charge in [-0.3, -0.25) is 9.59 Å². The fourth-order valence-electron chi connectivity index (χ4n) is 2.32. The van der Waals surface area contributed by atoms with Crippen LogP contribution in [0.4, 0.5) is 0 Å². The average Bonchev–Trinajstić information content (AvgIpc) is 2.49. The molecule has 1 heterocycles. The van der Waals surface area contributed by atoms with Gasteiger partial charge in [0, 0.05) is 37.6 Å². The smallest absolute Gasteiger partial charge is 0.227 e. The van der Waals surface area contributed by atoms with Crippen LogP contribution < -0.4 is 0 Å². The van der Waals surface area contributed by atoms with Crippen molar-refractivity contribution in [2.24, 2.45) is 0 Å². The maximum atomic E-state index is 12.2. The van der Waals surface area contributed by atoms with Crippen LogP contribution in [0, 0.1) is 0 Å². The molecule has 1 aliphatic heterocycles. The summed E-state index contributed by atoms with van der Waals surface area (Å²) in [6, 6.07) is 7.33. The van der Waals surface area contributed by atoms with Crippen LogP contribution in [0.1, 0.15) is 18.9 Å². The van der Waals surface area contributed by atoms with E-state index in [2.05, 4.69) is 0 Å². The van der Waals surface area contributed by atoms with Crippen LogP contribution in [0.15, 0.2) is 24.3 Å². The number of hydrogen-bond donors (Lipinski definition) is 0. The summed E-state index contributed by atoms with van der Waals surface area (Å²) < 4.78 is 0. The van der Waals surface area contributed by atoms with Gasteiger partial charge in [0.05, 0.1) is 6.42 Å². The predicted molar refractivity (Wildman–Crippen MR) is 78.6 cm³/mol. The van der Waals surface area contributed by atoms with Crippen molar-refractivity contribution in [1.29, 1.82) is 0 Å². The topological polar surface area (TPSA) is 40.6 Å². The van der Waals surface area contributed by atoms with E-state index in [1.807, 2.05) is 28.9 Å². The molecule has 0 unspecified atom stereocenters. The molecule has 2 amide bonds. The number of rotatable bonds is 3. The molecule has 0 spiro atoms. The maximum Gasteiger partial charge on any atom is 0.227 e. The summed E-state index contributed by atoms with van der Waals surface area (Å²) in [7, 11) is 0. The van der Waals surface area contributed by atoms with Gasteiger partial charge >= 0.3 is 0 Å². The Bertz CT molecular complexity index is 479. The third kappa shape index (κ3) is 3.73. The van der Waals surface area contributed by atoms with E-state index < -0.39 is 0 Å². The minimum atomic E-state index is 0.107. The molecule has 0 saturated carbocycles. The van der Waals surface area contributed by atoms with Crippen LogP contribution in [-0.2, 0) is 16.0 Å². The molecular formula is C15H19ClN2O2. The Morgan fingerprint density at radius 1 is 1.00 bits per heavy atom. The second kappa shape index (κ2) is 6.75. The lowest BCUT2D eigenvalue weighted by atomic mass is 10.1. The highest BCUT2D eigenvalue weighted by Crippen LogP contribution is 2.12. The highest BCUT2D eigenvalue weighted by molar-refractivity contribution is 6.30. The minimum Gasteiger partial charge on any atom is -0.339 e. The van der Waals surface area contributed by atoms with Crippen LogP contribution >= 0.6 is 11.6 Å². The molecule has 0 N–H and O–H groups in total. The monoisotopic (exact) mass is 294 g/mol. The van der Waals surface area contributed by atoms with Crippen LogP contribution in [-0.4, -0.2) is 47.8 Å². The van der Waals surface area contributed by atoms with Crippen molar-refractivity contribution in [2.45, 2.75) is 19.8 Å². The maximum absolute atomic E-state index is 12.2. The summed E-state index contributed by atoms with van der Waals surface area (Å²) in [5.41, 5.74) is 0.964. The molecule has 1 aromatic rings. The second-order valence-electron chi connectivity index (χ2n) is 4.92. The average molecular weight is 295 g/mol. The zero-order valence-electron chi connectivity index (χ0n) is 11.6. The first-order valence-corrected chi connectivity index (χ1v) is 7.28. The fraction of sp³-hybridized carbons (Fsp3) is 0.467. The molecule has 0 aliphatic carbocycles. The lowest BCUT2D eigenvalue weighted by Gasteiger charge is -2.34. The van der Waals surface area contributed by atoms with Crippen LogP contribution in [0.2, 0.25) is 5.02 Å². The first-order chi connectivity index (χ1) is 9.60. The molecule has 20 heavy (non-hydrogen) atoms. The van der Waals surface area contributed by atoms with Crippen molar-refractivity contribution in [1.82, 2.24) is 9.80 Å².